The normalized spacial score (nSPS) is 17.7. The molecule has 5 rings (SSSR count). The number of aryl methyl sites for hydroxylation is 1. The molecule has 0 aliphatic carbocycles. The minimum absolute atomic E-state index is 0.103. The molecule has 0 bridgehead atoms. The summed E-state index contributed by atoms with van der Waals surface area (Å²) in [5.41, 5.74) is 3.62. The third kappa shape index (κ3) is 2.91. The molecule has 27 heavy (non-hydrogen) atoms. The second-order valence-corrected chi connectivity index (χ2v) is 7.35. The first-order valence-electron chi connectivity index (χ1n) is 9.33. The van der Waals surface area contributed by atoms with Crippen LogP contribution in [0.3, 0.4) is 0 Å². The molecule has 0 radical (unpaired) electrons. The molecule has 1 N–H and O–H groups in total. The van der Waals surface area contributed by atoms with E-state index in [9.17, 15) is 4.79 Å². The average Bonchev–Trinajstić information content (AvgIpc) is 3.28. The van der Waals surface area contributed by atoms with Gasteiger partial charge in [0.1, 0.15) is 5.82 Å². The first-order chi connectivity index (χ1) is 13.2. The summed E-state index contributed by atoms with van der Waals surface area (Å²) in [4.78, 5) is 17.3. The molecule has 1 atom stereocenters. The van der Waals surface area contributed by atoms with Crippen molar-refractivity contribution in [2.75, 3.05) is 6.79 Å². The number of hydrogen-bond acceptors (Lipinski definition) is 4. The number of nitrogens with zero attached hydrogens (tertiary/aromatic N) is 2. The summed E-state index contributed by atoms with van der Waals surface area (Å²) in [6.07, 6.45) is 2.18. The average molecular weight is 363 g/mol. The van der Waals surface area contributed by atoms with Gasteiger partial charge in [-0.1, -0.05) is 13.0 Å². The molecule has 6 heteroatoms. The highest BCUT2D eigenvalue weighted by molar-refractivity contribution is 5.97. The van der Waals surface area contributed by atoms with Crippen molar-refractivity contribution >= 4 is 16.9 Å². The van der Waals surface area contributed by atoms with Gasteiger partial charge < -0.3 is 19.4 Å². The van der Waals surface area contributed by atoms with Gasteiger partial charge in [-0.15, -0.1) is 0 Å². The van der Waals surface area contributed by atoms with Crippen molar-refractivity contribution in [1.82, 2.24) is 14.9 Å². The first-order valence-corrected chi connectivity index (χ1v) is 9.33. The molecule has 2 aliphatic rings. The van der Waals surface area contributed by atoms with Gasteiger partial charge in [-0.25, -0.2) is 4.98 Å². The predicted molar refractivity (Wildman–Crippen MR) is 101 cm³/mol. The summed E-state index contributed by atoms with van der Waals surface area (Å²) >= 11 is 0. The van der Waals surface area contributed by atoms with Gasteiger partial charge in [-0.2, -0.15) is 0 Å². The van der Waals surface area contributed by atoms with Crippen LogP contribution in [0.5, 0.6) is 11.5 Å². The quantitative estimate of drug-likeness (QED) is 0.776. The van der Waals surface area contributed by atoms with Crippen LogP contribution in [0, 0.1) is 5.92 Å². The summed E-state index contributed by atoms with van der Waals surface area (Å²) in [6.45, 7) is 3.95. The van der Waals surface area contributed by atoms with Crippen LogP contribution in [0.2, 0.25) is 0 Å². The Morgan fingerprint density at radius 2 is 2.11 bits per heavy atom. The van der Waals surface area contributed by atoms with Crippen LogP contribution in [-0.4, -0.2) is 22.3 Å². The zero-order valence-electron chi connectivity index (χ0n) is 15.2. The smallest absolute Gasteiger partial charge is 0.251 e. The summed E-state index contributed by atoms with van der Waals surface area (Å²) in [5.74, 6) is 3.16. The van der Waals surface area contributed by atoms with Crippen molar-refractivity contribution in [3.05, 3.63) is 53.3 Å². The zero-order valence-corrected chi connectivity index (χ0v) is 15.2. The van der Waals surface area contributed by atoms with Gasteiger partial charge in [-0.3, -0.25) is 4.79 Å². The molecule has 2 aromatic carbocycles. The number of ether oxygens (including phenoxy) is 2. The molecule has 3 aromatic rings. The van der Waals surface area contributed by atoms with Crippen molar-refractivity contribution in [1.29, 1.82) is 0 Å². The lowest BCUT2D eigenvalue weighted by Crippen LogP contribution is -2.22. The van der Waals surface area contributed by atoms with Gasteiger partial charge >= 0.3 is 0 Å². The topological polar surface area (TPSA) is 65.4 Å². The Bertz CT molecular complexity index is 1040. The Morgan fingerprint density at radius 3 is 3.04 bits per heavy atom. The number of hydrogen-bond donors (Lipinski definition) is 1. The molecular weight excluding hydrogens is 342 g/mol. The molecular formula is C21H21N3O3. The fourth-order valence-corrected chi connectivity index (χ4v) is 3.82. The van der Waals surface area contributed by atoms with Crippen molar-refractivity contribution in [3.63, 3.8) is 0 Å². The standard InChI is InChI=1S/C21H21N3O3/c1-13-6-7-24-17-4-3-15(10-16(17)23-20(24)8-13)21(25)22-11-14-2-5-18-19(9-14)27-12-26-18/h2-5,9-10,13H,6-8,11-12H2,1H3,(H,22,25)/t13-/m1/s1. The highest BCUT2D eigenvalue weighted by Crippen LogP contribution is 2.32. The molecule has 0 spiro atoms. The number of amides is 1. The van der Waals surface area contributed by atoms with E-state index in [0.29, 0.717) is 18.0 Å². The SMILES string of the molecule is C[C@@H]1CCn2c(nc3cc(C(=O)NCc4ccc5c(c4)OCO5)ccc32)C1. The maximum Gasteiger partial charge on any atom is 0.251 e. The molecule has 0 unspecified atom stereocenters. The predicted octanol–water partition coefficient (Wildman–Crippen LogP) is 3.28. The fourth-order valence-electron chi connectivity index (χ4n) is 3.82. The molecule has 0 saturated carbocycles. The van der Waals surface area contributed by atoms with Crippen LogP contribution in [0.1, 0.15) is 35.1 Å². The number of aromatic nitrogens is 2. The van der Waals surface area contributed by atoms with Crippen molar-refractivity contribution in [3.8, 4) is 11.5 Å². The van der Waals surface area contributed by atoms with E-state index in [0.717, 1.165) is 46.9 Å². The lowest BCUT2D eigenvalue weighted by Gasteiger charge is -2.19. The second kappa shape index (κ2) is 6.30. The fraction of sp³-hybridized carbons (Fsp3) is 0.333. The third-order valence-corrected chi connectivity index (χ3v) is 5.36. The van der Waals surface area contributed by atoms with E-state index in [1.807, 2.05) is 36.4 Å². The van der Waals surface area contributed by atoms with Gasteiger partial charge in [0.25, 0.3) is 5.91 Å². The van der Waals surface area contributed by atoms with E-state index in [-0.39, 0.29) is 12.7 Å². The van der Waals surface area contributed by atoms with E-state index in [1.165, 1.54) is 6.42 Å². The van der Waals surface area contributed by atoms with Crippen molar-refractivity contribution in [2.24, 2.45) is 5.92 Å². The maximum absolute atomic E-state index is 12.6. The largest absolute Gasteiger partial charge is 0.454 e. The number of carbonyl (C=O) groups excluding carboxylic acids is 1. The molecule has 0 saturated heterocycles. The highest BCUT2D eigenvalue weighted by Gasteiger charge is 2.20. The Balaban J connectivity index is 1.33. The van der Waals surface area contributed by atoms with Crippen LogP contribution in [-0.2, 0) is 19.5 Å². The molecule has 2 aliphatic heterocycles. The summed E-state index contributed by atoms with van der Waals surface area (Å²) in [7, 11) is 0. The van der Waals surface area contributed by atoms with E-state index in [2.05, 4.69) is 16.8 Å². The Morgan fingerprint density at radius 1 is 1.22 bits per heavy atom. The van der Waals surface area contributed by atoms with Crippen molar-refractivity contribution < 1.29 is 14.3 Å². The van der Waals surface area contributed by atoms with Gasteiger partial charge in [0, 0.05) is 25.1 Å². The van der Waals surface area contributed by atoms with Crippen molar-refractivity contribution in [2.45, 2.75) is 32.9 Å². The monoisotopic (exact) mass is 363 g/mol. The van der Waals surface area contributed by atoms with Gasteiger partial charge in [0.15, 0.2) is 11.5 Å². The second-order valence-electron chi connectivity index (χ2n) is 7.35. The molecule has 6 nitrogen and oxygen atoms in total. The lowest BCUT2D eigenvalue weighted by atomic mass is 10.0. The van der Waals surface area contributed by atoms with E-state index in [1.54, 1.807) is 0 Å². The summed E-state index contributed by atoms with van der Waals surface area (Å²) in [6, 6.07) is 11.5. The Kier molecular flexibility index (Phi) is 3.77. The number of rotatable bonds is 3. The lowest BCUT2D eigenvalue weighted by molar-refractivity contribution is 0.0951. The van der Waals surface area contributed by atoms with E-state index < -0.39 is 0 Å². The highest BCUT2D eigenvalue weighted by atomic mass is 16.7. The number of benzene rings is 2. The number of carbonyl (C=O) groups is 1. The summed E-state index contributed by atoms with van der Waals surface area (Å²) in [5, 5.41) is 2.97. The van der Waals surface area contributed by atoms with Gasteiger partial charge in [0.05, 0.1) is 11.0 Å². The Hall–Kier alpha value is -3.02. The third-order valence-electron chi connectivity index (χ3n) is 5.36. The van der Waals surface area contributed by atoms with E-state index in [4.69, 9.17) is 14.5 Å². The zero-order chi connectivity index (χ0) is 18.4. The van der Waals surface area contributed by atoms with Crippen LogP contribution in [0.25, 0.3) is 11.0 Å². The van der Waals surface area contributed by atoms with Crippen LogP contribution in [0.15, 0.2) is 36.4 Å². The molecule has 0 fully saturated rings. The maximum atomic E-state index is 12.6. The summed E-state index contributed by atoms with van der Waals surface area (Å²) < 4.78 is 13.0. The number of nitrogens with one attached hydrogen (secondary N) is 1. The molecule has 1 amide bonds. The molecule has 1 aromatic heterocycles. The van der Waals surface area contributed by atoms with Crippen LogP contribution < -0.4 is 14.8 Å². The minimum Gasteiger partial charge on any atom is -0.454 e. The van der Waals surface area contributed by atoms with Crippen LogP contribution >= 0.6 is 0 Å². The number of imidazole rings is 1. The first kappa shape index (κ1) is 16.2. The van der Waals surface area contributed by atoms with Gasteiger partial charge in [0.2, 0.25) is 6.79 Å². The molecule has 138 valence electrons. The van der Waals surface area contributed by atoms with E-state index >= 15 is 0 Å². The van der Waals surface area contributed by atoms with Gasteiger partial charge in [-0.05, 0) is 48.2 Å². The number of fused-ring (bicyclic) bond motifs is 4. The minimum atomic E-state index is -0.103. The molecule has 3 heterocycles. The van der Waals surface area contributed by atoms with Crippen LogP contribution in [0.4, 0.5) is 0 Å². The Labute approximate surface area is 157 Å².